The Labute approximate surface area is 120 Å². The zero-order chi connectivity index (χ0) is 15.5. The molecule has 20 heavy (non-hydrogen) atoms. The maximum atomic E-state index is 11.3. The Morgan fingerprint density at radius 2 is 2.05 bits per heavy atom. The Morgan fingerprint density at radius 3 is 2.55 bits per heavy atom. The van der Waals surface area contributed by atoms with Gasteiger partial charge in [0, 0.05) is 12.2 Å². The smallest absolute Gasteiger partial charge is 0.339 e. The fourth-order valence-corrected chi connectivity index (χ4v) is 2.46. The molecule has 1 heterocycles. The Balaban J connectivity index is 2.95. The fourth-order valence-electron chi connectivity index (χ4n) is 2.46. The Hall–Kier alpha value is -1.62. The highest BCUT2D eigenvalue weighted by Crippen LogP contribution is 2.21. The topological polar surface area (TPSA) is 82.5 Å². The van der Waals surface area contributed by atoms with E-state index in [1.807, 2.05) is 20.8 Å². The predicted octanol–water partition coefficient (Wildman–Crippen LogP) is 2.61. The summed E-state index contributed by atoms with van der Waals surface area (Å²) in [6.45, 7) is 9.63. The molecule has 0 aliphatic rings. The van der Waals surface area contributed by atoms with Crippen molar-refractivity contribution in [2.45, 2.75) is 46.6 Å². The highest BCUT2D eigenvalue weighted by atomic mass is 16.4. The standard InChI is InChI=1S/C15H24N2O3/c1-9(2)7-15(5,20)8-16-13-12(14(18)19)10(3)6-11(4)17-13/h6,9,20H,7-8H2,1-5H3,(H,16,17)(H,18,19). The number of hydrogen-bond donors (Lipinski definition) is 3. The van der Waals surface area contributed by atoms with E-state index >= 15 is 0 Å². The first-order chi connectivity index (χ1) is 9.12. The van der Waals surface area contributed by atoms with Gasteiger partial charge in [0.25, 0.3) is 0 Å². The van der Waals surface area contributed by atoms with Gasteiger partial charge >= 0.3 is 5.97 Å². The summed E-state index contributed by atoms with van der Waals surface area (Å²) in [4.78, 5) is 15.5. The van der Waals surface area contributed by atoms with Gasteiger partial charge in [-0.2, -0.15) is 0 Å². The van der Waals surface area contributed by atoms with Gasteiger partial charge in [-0.3, -0.25) is 0 Å². The number of nitrogens with one attached hydrogen (secondary N) is 1. The van der Waals surface area contributed by atoms with Crippen molar-refractivity contribution in [1.82, 2.24) is 4.98 Å². The molecule has 0 bridgehead atoms. The third kappa shape index (κ3) is 4.49. The number of aliphatic hydroxyl groups is 1. The Kier molecular flexibility index (Phi) is 5.11. The number of nitrogens with zero attached hydrogens (tertiary/aromatic N) is 1. The molecule has 1 aromatic rings. The van der Waals surface area contributed by atoms with Crippen LogP contribution in [-0.4, -0.2) is 33.3 Å². The zero-order valence-electron chi connectivity index (χ0n) is 12.8. The minimum absolute atomic E-state index is 0.163. The molecule has 1 atom stereocenters. The van der Waals surface area contributed by atoms with E-state index in [2.05, 4.69) is 10.3 Å². The quantitative estimate of drug-likeness (QED) is 0.746. The molecule has 0 fully saturated rings. The molecule has 0 aromatic carbocycles. The van der Waals surface area contributed by atoms with Crippen molar-refractivity contribution in [3.8, 4) is 0 Å². The second kappa shape index (κ2) is 6.22. The van der Waals surface area contributed by atoms with Crippen molar-refractivity contribution in [3.63, 3.8) is 0 Å². The number of anilines is 1. The number of rotatable bonds is 6. The Bertz CT molecular complexity index is 496. The van der Waals surface area contributed by atoms with Crippen LogP contribution < -0.4 is 5.32 Å². The summed E-state index contributed by atoms with van der Waals surface area (Å²) in [6.07, 6.45) is 0.632. The van der Waals surface area contributed by atoms with Gasteiger partial charge < -0.3 is 15.5 Å². The maximum Gasteiger partial charge on any atom is 0.339 e. The monoisotopic (exact) mass is 280 g/mol. The lowest BCUT2D eigenvalue weighted by molar-refractivity contribution is 0.0512. The molecule has 1 aromatic heterocycles. The molecule has 1 rings (SSSR count). The molecular formula is C15H24N2O3. The molecule has 0 amide bonds. The molecule has 5 nitrogen and oxygen atoms in total. The van der Waals surface area contributed by atoms with E-state index in [4.69, 9.17) is 0 Å². The normalized spacial score (nSPS) is 14.2. The maximum absolute atomic E-state index is 11.3. The SMILES string of the molecule is Cc1cc(C)c(C(=O)O)c(NCC(C)(O)CC(C)C)n1. The van der Waals surface area contributed by atoms with Crippen molar-refractivity contribution in [2.24, 2.45) is 5.92 Å². The van der Waals surface area contributed by atoms with E-state index in [9.17, 15) is 15.0 Å². The number of carbonyl (C=O) groups is 1. The van der Waals surface area contributed by atoms with Gasteiger partial charge in [-0.15, -0.1) is 0 Å². The van der Waals surface area contributed by atoms with Crippen molar-refractivity contribution >= 4 is 11.8 Å². The second-order valence-corrected chi connectivity index (χ2v) is 6.06. The molecule has 0 saturated carbocycles. The van der Waals surface area contributed by atoms with Crippen LogP contribution >= 0.6 is 0 Å². The number of hydrogen-bond acceptors (Lipinski definition) is 4. The van der Waals surface area contributed by atoms with Gasteiger partial charge in [-0.05, 0) is 44.7 Å². The molecule has 3 N–H and O–H groups in total. The highest BCUT2D eigenvalue weighted by molar-refractivity contribution is 5.94. The van der Waals surface area contributed by atoms with E-state index in [1.54, 1.807) is 19.9 Å². The average Bonchev–Trinajstić information content (AvgIpc) is 2.22. The first kappa shape index (κ1) is 16.4. The summed E-state index contributed by atoms with van der Waals surface area (Å²) in [5, 5.41) is 22.5. The van der Waals surface area contributed by atoms with Crippen LogP contribution in [-0.2, 0) is 0 Å². The second-order valence-electron chi connectivity index (χ2n) is 6.06. The first-order valence-electron chi connectivity index (χ1n) is 6.80. The van der Waals surface area contributed by atoms with Crippen LogP contribution in [0, 0.1) is 19.8 Å². The number of pyridine rings is 1. The van der Waals surface area contributed by atoms with Crippen LogP contribution in [0.4, 0.5) is 5.82 Å². The Morgan fingerprint density at radius 1 is 1.45 bits per heavy atom. The molecule has 0 radical (unpaired) electrons. The summed E-state index contributed by atoms with van der Waals surface area (Å²) < 4.78 is 0. The lowest BCUT2D eigenvalue weighted by Crippen LogP contribution is -2.35. The predicted molar refractivity (Wildman–Crippen MR) is 79.2 cm³/mol. The zero-order valence-corrected chi connectivity index (χ0v) is 12.8. The molecule has 1 unspecified atom stereocenters. The lowest BCUT2D eigenvalue weighted by atomic mass is 9.94. The third-order valence-electron chi connectivity index (χ3n) is 3.04. The van der Waals surface area contributed by atoms with Crippen LogP contribution in [0.5, 0.6) is 0 Å². The van der Waals surface area contributed by atoms with Crippen molar-refractivity contribution < 1.29 is 15.0 Å². The number of carboxylic acids is 1. The van der Waals surface area contributed by atoms with Crippen LogP contribution in [0.15, 0.2) is 6.07 Å². The van der Waals surface area contributed by atoms with Gasteiger partial charge in [-0.25, -0.2) is 9.78 Å². The number of aromatic nitrogens is 1. The molecule has 5 heteroatoms. The van der Waals surface area contributed by atoms with Crippen molar-refractivity contribution in [2.75, 3.05) is 11.9 Å². The summed E-state index contributed by atoms with van der Waals surface area (Å²) in [5.74, 6) is -0.335. The molecule has 0 aliphatic carbocycles. The van der Waals surface area contributed by atoms with E-state index < -0.39 is 11.6 Å². The summed E-state index contributed by atoms with van der Waals surface area (Å²) in [5.41, 5.74) is 0.675. The van der Waals surface area contributed by atoms with Gasteiger partial charge in [0.05, 0.1) is 5.60 Å². The van der Waals surface area contributed by atoms with Gasteiger partial charge in [0.2, 0.25) is 0 Å². The molecule has 112 valence electrons. The first-order valence-corrected chi connectivity index (χ1v) is 6.80. The number of aryl methyl sites for hydroxylation is 2. The third-order valence-corrected chi connectivity index (χ3v) is 3.04. The van der Waals surface area contributed by atoms with Gasteiger partial charge in [0.1, 0.15) is 11.4 Å². The van der Waals surface area contributed by atoms with Gasteiger partial charge in [0.15, 0.2) is 0 Å². The summed E-state index contributed by atoms with van der Waals surface area (Å²) >= 11 is 0. The van der Waals surface area contributed by atoms with Crippen LogP contribution in [0.1, 0.15) is 48.8 Å². The largest absolute Gasteiger partial charge is 0.478 e. The van der Waals surface area contributed by atoms with Crippen LogP contribution in [0.3, 0.4) is 0 Å². The van der Waals surface area contributed by atoms with E-state index in [0.29, 0.717) is 23.7 Å². The fraction of sp³-hybridized carbons (Fsp3) is 0.600. The van der Waals surface area contributed by atoms with E-state index in [1.165, 1.54) is 0 Å². The lowest BCUT2D eigenvalue weighted by Gasteiger charge is -2.26. The number of aromatic carboxylic acids is 1. The highest BCUT2D eigenvalue weighted by Gasteiger charge is 2.23. The van der Waals surface area contributed by atoms with E-state index in [0.717, 1.165) is 5.69 Å². The average molecular weight is 280 g/mol. The summed E-state index contributed by atoms with van der Waals surface area (Å²) in [7, 11) is 0. The molecular weight excluding hydrogens is 256 g/mol. The summed E-state index contributed by atoms with van der Waals surface area (Å²) in [6, 6.07) is 1.74. The van der Waals surface area contributed by atoms with Gasteiger partial charge in [-0.1, -0.05) is 13.8 Å². The van der Waals surface area contributed by atoms with E-state index in [-0.39, 0.29) is 12.1 Å². The van der Waals surface area contributed by atoms with Crippen molar-refractivity contribution in [1.29, 1.82) is 0 Å². The molecule has 0 saturated heterocycles. The number of carboxylic acid groups (broad SMARTS) is 1. The molecule has 0 spiro atoms. The van der Waals surface area contributed by atoms with Crippen LogP contribution in [0.2, 0.25) is 0 Å². The minimum atomic E-state index is -1.01. The minimum Gasteiger partial charge on any atom is -0.478 e. The van der Waals surface area contributed by atoms with Crippen molar-refractivity contribution in [3.05, 3.63) is 22.9 Å². The van der Waals surface area contributed by atoms with Crippen LogP contribution in [0.25, 0.3) is 0 Å². The molecule has 0 aliphatic heterocycles.